The third-order valence-corrected chi connectivity index (χ3v) is 4.38. The van der Waals surface area contributed by atoms with Crippen LogP contribution in [0.1, 0.15) is 24.8 Å². The molecule has 0 saturated heterocycles. The molecule has 0 bridgehead atoms. The lowest BCUT2D eigenvalue weighted by Gasteiger charge is -2.40. The number of hydrogen-bond acceptors (Lipinski definition) is 1. The Morgan fingerprint density at radius 1 is 1.14 bits per heavy atom. The standard InChI is InChI=1S/C17H15ClFNO/c18-13-7-8-15(14(19)11-13)20-16(21)17(9-4-10-17)12-5-2-1-3-6-12/h1-3,5-8,11H,4,9-10H2,(H,20,21). The van der Waals surface area contributed by atoms with Gasteiger partial charge in [-0.3, -0.25) is 4.79 Å². The van der Waals surface area contributed by atoms with Crippen LogP contribution >= 0.6 is 11.6 Å². The zero-order chi connectivity index (χ0) is 14.9. The van der Waals surface area contributed by atoms with E-state index in [0.29, 0.717) is 5.02 Å². The van der Waals surface area contributed by atoms with Crippen molar-refractivity contribution < 1.29 is 9.18 Å². The van der Waals surface area contributed by atoms with Crippen LogP contribution in [0, 0.1) is 5.82 Å². The van der Waals surface area contributed by atoms with Crippen molar-refractivity contribution in [2.75, 3.05) is 5.32 Å². The van der Waals surface area contributed by atoms with Gasteiger partial charge in [-0.2, -0.15) is 0 Å². The fourth-order valence-corrected chi connectivity index (χ4v) is 2.93. The molecular formula is C17H15ClFNO. The summed E-state index contributed by atoms with van der Waals surface area (Å²) in [4.78, 5) is 12.6. The number of rotatable bonds is 3. The minimum Gasteiger partial charge on any atom is -0.323 e. The van der Waals surface area contributed by atoms with Crippen LogP contribution in [0.15, 0.2) is 48.5 Å². The summed E-state index contributed by atoms with van der Waals surface area (Å²) in [7, 11) is 0. The van der Waals surface area contributed by atoms with Crippen LogP contribution in [-0.2, 0) is 10.2 Å². The number of carbonyl (C=O) groups excluding carboxylic acids is 1. The molecule has 4 heteroatoms. The van der Waals surface area contributed by atoms with Crippen molar-refractivity contribution >= 4 is 23.2 Å². The van der Waals surface area contributed by atoms with Gasteiger partial charge in [-0.05, 0) is 36.6 Å². The maximum absolute atomic E-state index is 13.8. The number of nitrogens with one attached hydrogen (secondary N) is 1. The molecule has 1 N–H and O–H groups in total. The highest BCUT2D eigenvalue weighted by atomic mass is 35.5. The smallest absolute Gasteiger partial charge is 0.235 e. The van der Waals surface area contributed by atoms with E-state index in [-0.39, 0.29) is 11.6 Å². The second-order valence-electron chi connectivity index (χ2n) is 5.38. The van der Waals surface area contributed by atoms with Gasteiger partial charge in [-0.1, -0.05) is 48.4 Å². The summed E-state index contributed by atoms with van der Waals surface area (Å²) in [5, 5.41) is 3.02. The van der Waals surface area contributed by atoms with E-state index in [0.717, 1.165) is 24.8 Å². The predicted molar refractivity (Wildman–Crippen MR) is 82.0 cm³/mol. The Bertz CT molecular complexity index is 668. The molecule has 0 unspecified atom stereocenters. The van der Waals surface area contributed by atoms with E-state index >= 15 is 0 Å². The van der Waals surface area contributed by atoms with E-state index in [1.165, 1.54) is 12.1 Å². The van der Waals surface area contributed by atoms with Crippen molar-refractivity contribution in [2.24, 2.45) is 0 Å². The third kappa shape index (κ3) is 2.54. The van der Waals surface area contributed by atoms with Gasteiger partial charge in [0.15, 0.2) is 0 Å². The molecule has 2 aromatic carbocycles. The number of amides is 1. The van der Waals surface area contributed by atoms with E-state index in [9.17, 15) is 9.18 Å². The largest absolute Gasteiger partial charge is 0.323 e. The Morgan fingerprint density at radius 3 is 2.43 bits per heavy atom. The molecule has 21 heavy (non-hydrogen) atoms. The Labute approximate surface area is 127 Å². The molecule has 1 fully saturated rings. The van der Waals surface area contributed by atoms with Crippen LogP contribution in [-0.4, -0.2) is 5.91 Å². The van der Waals surface area contributed by atoms with Gasteiger partial charge in [-0.25, -0.2) is 4.39 Å². The highest BCUT2D eigenvalue weighted by Crippen LogP contribution is 2.44. The molecule has 1 aliphatic rings. The summed E-state index contributed by atoms with van der Waals surface area (Å²) in [5.74, 6) is -0.667. The Balaban J connectivity index is 1.87. The van der Waals surface area contributed by atoms with E-state index in [4.69, 9.17) is 11.6 Å². The molecule has 108 valence electrons. The molecule has 2 nitrogen and oxygen atoms in total. The van der Waals surface area contributed by atoms with Crippen LogP contribution in [0.2, 0.25) is 5.02 Å². The topological polar surface area (TPSA) is 29.1 Å². The number of benzene rings is 2. The first-order chi connectivity index (χ1) is 10.1. The van der Waals surface area contributed by atoms with Gasteiger partial charge in [0, 0.05) is 5.02 Å². The average molecular weight is 304 g/mol. The van der Waals surface area contributed by atoms with Gasteiger partial charge in [0.2, 0.25) is 5.91 Å². The predicted octanol–water partition coefficient (Wildman–Crippen LogP) is 4.54. The van der Waals surface area contributed by atoms with E-state index in [1.807, 2.05) is 30.3 Å². The maximum Gasteiger partial charge on any atom is 0.235 e. The molecule has 0 radical (unpaired) electrons. The van der Waals surface area contributed by atoms with Gasteiger partial charge >= 0.3 is 0 Å². The molecule has 1 aliphatic carbocycles. The van der Waals surface area contributed by atoms with E-state index < -0.39 is 11.2 Å². The zero-order valence-electron chi connectivity index (χ0n) is 11.4. The fraction of sp³-hybridized carbons (Fsp3) is 0.235. The van der Waals surface area contributed by atoms with Gasteiger partial charge in [0.05, 0.1) is 11.1 Å². The van der Waals surface area contributed by atoms with Crippen molar-refractivity contribution in [3.05, 3.63) is 64.9 Å². The normalized spacial score (nSPS) is 16.1. The summed E-state index contributed by atoms with van der Waals surface area (Å²) < 4.78 is 13.8. The van der Waals surface area contributed by atoms with Crippen LogP contribution in [0.5, 0.6) is 0 Å². The molecule has 1 amide bonds. The second kappa shape index (κ2) is 5.49. The second-order valence-corrected chi connectivity index (χ2v) is 5.82. The van der Waals surface area contributed by atoms with E-state index in [1.54, 1.807) is 6.07 Å². The molecule has 0 heterocycles. The quantitative estimate of drug-likeness (QED) is 0.886. The molecular weight excluding hydrogens is 289 g/mol. The number of anilines is 1. The Kier molecular flexibility index (Phi) is 3.68. The van der Waals surface area contributed by atoms with Crippen LogP contribution in [0.25, 0.3) is 0 Å². The Morgan fingerprint density at radius 2 is 1.86 bits per heavy atom. The summed E-state index contributed by atoms with van der Waals surface area (Å²) in [5.41, 5.74) is 0.627. The highest BCUT2D eigenvalue weighted by Gasteiger charge is 2.45. The first-order valence-electron chi connectivity index (χ1n) is 6.94. The minimum atomic E-state index is -0.534. The van der Waals surface area contributed by atoms with Crippen LogP contribution in [0.4, 0.5) is 10.1 Å². The zero-order valence-corrected chi connectivity index (χ0v) is 12.2. The first kappa shape index (κ1) is 14.1. The van der Waals surface area contributed by atoms with Gasteiger partial charge in [0.25, 0.3) is 0 Å². The molecule has 2 aromatic rings. The molecule has 0 aliphatic heterocycles. The van der Waals surface area contributed by atoms with Gasteiger partial charge < -0.3 is 5.32 Å². The Hall–Kier alpha value is -1.87. The lowest BCUT2D eigenvalue weighted by Crippen LogP contribution is -2.46. The van der Waals surface area contributed by atoms with Gasteiger partial charge in [0.1, 0.15) is 5.82 Å². The SMILES string of the molecule is O=C(Nc1ccc(Cl)cc1F)C1(c2ccccc2)CCC1. The van der Waals surface area contributed by atoms with Gasteiger partial charge in [-0.15, -0.1) is 0 Å². The van der Waals surface area contributed by atoms with E-state index in [2.05, 4.69) is 5.32 Å². The maximum atomic E-state index is 13.8. The highest BCUT2D eigenvalue weighted by molar-refractivity contribution is 6.30. The third-order valence-electron chi connectivity index (χ3n) is 4.15. The van der Waals surface area contributed by atoms with Crippen molar-refractivity contribution in [1.82, 2.24) is 0 Å². The van der Waals surface area contributed by atoms with Crippen molar-refractivity contribution in [3.63, 3.8) is 0 Å². The monoisotopic (exact) mass is 303 g/mol. The summed E-state index contributed by atoms with van der Waals surface area (Å²) in [6, 6.07) is 13.9. The lowest BCUT2D eigenvalue weighted by atomic mass is 9.64. The van der Waals surface area contributed by atoms with Crippen molar-refractivity contribution in [3.8, 4) is 0 Å². The average Bonchev–Trinajstić information content (AvgIpc) is 2.42. The molecule has 3 rings (SSSR count). The molecule has 0 spiro atoms. The minimum absolute atomic E-state index is 0.152. The molecule has 0 atom stereocenters. The fourth-order valence-electron chi connectivity index (χ4n) is 2.77. The lowest BCUT2D eigenvalue weighted by molar-refractivity contribution is -0.124. The van der Waals surface area contributed by atoms with Crippen LogP contribution in [0.3, 0.4) is 0 Å². The summed E-state index contributed by atoms with van der Waals surface area (Å²) in [6.07, 6.45) is 2.58. The number of halogens is 2. The summed E-state index contributed by atoms with van der Waals surface area (Å²) >= 11 is 5.73. The van der Waals surface area contributed by atoms with Crippen molar-refractivity contribution in [2.45, 2.75) is 24.7 Å². The molecule has 0 aromatic heterocycles. The summed E-state index contributed by atoms with van der Waals surface area (Å²) in [6.45, 7) is 0. The molecule has 1 saturated carbocycles. The number of hydrogen-bond donors (Lipinski definition) is 1. The first-order valence-corrected chi connectivity index (χ1v) is 7.32. The van der Waals surface area contributed by atoms with Crippen LogP contribution < -0.4 is 5.32 Å². The number of carbonyl (C=O) groups is 1. The van der Waals surface area contributed by atoms with Crippen molar-refractivity contribution in [1.29, 1.82) is 0 Å².